The van der Waals surface area contributed by atoms with Crippen molar-refractivity contribution < 1.29 is 73.3 Å². The van der Waals surface area contributed by atoms with Crippen molar-refractivity contribution in [2.24, 2.45) is 0 Å². The van der Waals surface area contributed by atoms with Crippen molar-refractivity contribution in [1.29, 1.82) is 0 Å². The monoisotopic (exact) mass is 134 g/mol. The van der Waals surface area contributed by atoms with Crippen LogP contribution in [0.5, 0.6) is 0 Å². The summed E-state index contributed by atoms with van der Waals surface area (Å²) in [6.07, 6.45) is 0. The predicted molar refractivity (Wildman–Crippen MR) is 19.4 cm³/mol. The van der Waals surface area contributed by atoms with Crippen molar-refractivity contribution in [3.8, 4) is 0 Å². The van der Waals surface area contributed by atoms with Gasteiger partial charge in [-0.1, -0.05) is 0 Å². The molecular weight excluding hydrogens is 127 g/mol. The molecule has 7 heavy (non-hydrogen) atoms. The van der Waals surface area contributed by atoms with Crippen molar-refractivity contribution in [2.75, 3.05) is 6.61 Å². The number of hydrogen-bond acceptors (Lipinski definition) is 2. The van der Waals surface area contributed by atoms with E-state index in [4.69, 9.17) is 15.0 Å². The summed E-state index contributed by atoms with van der Waals surface area (Å²) >= 11 is 0. The van der Waals surface area contributed by atoms with Gasteiger partial charge in [-0.3, -0.25) is 0 Å². The van der Waals surface area contributed by atoms with E-state index < -0.39 is 12.6 Å². The summed E-state index contributed by atoms with van der Waals surface area (Å²) in [5, 5.41) is 15.0. The molecule has 0 spiro atoms. The quantitative estimate of drug-likeness (QED) is 0.353. The molecular formula is C2H7KO4. The molecule has 0 saturated heterocycles. The standard InChI is InChI=1S/C2H4O3.K.H2O.H/c3-1-2(4)5;;;/h3H,1H2,(H,4,5);;1H2;/q;+1;;-1. The number of carboxylic acid groups (broad SMARTS) is 1. The number of aliphatic carboxylic acids is 1. The van der Waals surface area contributed by atoms with Gasteiger partial charge >= 0.3 is 57.4 Å². The molecule has 0 heterocycles. The molecule has 0 rings (SSSR count). The van der Waals surface area contributed by atoms with Gasteiger partial charge in [0.05, 0.1) is 0 Å². The molecule has 0 atom stereocenters. The van der Waals surface area contributed by atoms with Crippen LogP contribution < -0.4 is 51.4 Å². The van der Waals surface area contributed by atoms with Gasteiger partial charge in [-0.2, -0.15) is 0 Å². The minimum absolute atomic E-state index is 0. The van der Waals surface area contributed by atoms with E-state index in [0.717, 1.165) is 0 Å². The molecule has 40 valence electrons. The van der Waals surface area contributed by atoms with Gasteiger partial charge in [0.2, 0.25) is 0 Å². The van der Waals surface area contributed by atoms with E-state index >= 15 is 0 Å². The number of carboxylic acids is 1. The van der Waals surface area contributed by atoms with Crippen molar-refractivity contribution >= 4 is 5.97 Å². The molecule has 0 aromatic rings. The number of hydrogen-bond donors (Lipinski definition) is 2. The summed E-state index contributed by atoms with van der Waals surface area (Å²) in [6, 6.07) is 0. The molecule has 4 N–H and O–H groups in total. The van der Waals surface area contributed by atoms with Crippen LogP contribution in [-0.2, 0) is 4.79 Å². The van der Waals surface area contributed by atoms with Crippen LogP contribution in [0.4, 0.5) is 0 Å². The van der Waals surface area contributed by atoms with E-state index in [1.165, 1.54) is 0 Å². The average Bonchev–Trinajstić information content (AvgIpc) is 1.38. The van der Waals surface area contributed by atoms with Crippen LogP contribution in [0.2, 0.25) is 0 Å². The van der Waals surface area contributed by atoms with Crippen LogP contribution in [0.3, 0.4) is 0 Å². The van der Waals surface area contributed by atoms with E-state index in [0.29, 0.717) is 0 Å². The third-order valence-corrected chi connectivity index (χ3v) is 0.135. The molecule has 0 fully saturated rings. The van der Waals surface area contributed by atoms with Gasteiger partial charge in [0.25, 0.3) is 0 Å². The van der Waals surface area contributed by atoms with Crippen LogP contribution >= 0.6 is 0 Å². The van der Waals surface area contributed by atoms with E-state index in [2.05, 4.69) is 0 Å². The molecule has 0 saturated carbocycles. The maximum Gasteiger partial charge on any atom is 1.00 e. The van der Waals surface area contributed by atoms with Gasteiger partial charge in [-0.15, -0.1) is 0 Å². The van der Waals surface area contributed by atoms with Crippen LogP contribution in [-0.4, -0.2) is 28.3 Å². The first-order valence-corrected chi connectivity index (χ1v) is 1.10. The summed E-state index contributed by atoms with van der Waals surface area (Å²) in [4.78, 5) is 9.12. The van der Waals surface area contributed by atoms with E-state index in [-0.39, 0.29) is 58.3 Å². The molecule has 0 unspecified atom stereocenters. The van der Waals surface area contributed by atoms with Crippen LogP contribution in [0.15, 0.2) is 0 Å². The van der Waals surface area contributed by atoms with Gasteiger partial charge in [-0.25, -0.2) is 4.79 Å². The zero-order valence-electron chi connectivity index (χ0n) is 5.01. The van der Waals surface area contributed by atoms with Crippen LogP contribution in [0, 0.1) is 0 Å². The van der Waals surface area contributed by atoms with Crippen LogP contribution in [0.1, 0.15) is 1.43 Å². The first-order chi connectivity index (χ1) is 2.27. The summed E-state index contributed by atoms with van der Waals surface area (Å²) in [6.45, 7) is -0.778. The van der Waals surface area contributed by atoms with Crippen molar-refractivity contribution in [2.45, 2.75) is 0 Å². The SMILES string of the molecule is O.O=C(O)CO.[H-].[K+]. The van der Waals surface area contributed by atoms with E-state index in [1.54, 1.807) is 0 Å². The van der Waals surface area contributed by atoms with Crippen LogP contribution in [0.25, 0.3) is 0 Å². The molecule has 0 aliphatic rings. The third kappa shape index (κ3) is 19.4. The molecule has 0 aliphatic carbocycles. The molecule has 0 aromatic heterocycles. The minimum Gasteiger partial charge on any atom is -1.00 e. The molecule has 0 aliphatic heterocycles. The molecule has 0 amide bonds. The first-order valence-electron chi connectivity index (χ1n) is 1.10. The Labute approximate surface area is 84.7 Å². The Hall–Kier alpha value is 1.03. The largest absolute Gasteiger partial charge is 1.00 e. The fourth-order valence-corrected chi connectivity index (χ4v) is 0. The second-order valence-corrected chi connectivity index (χ2v) is 0.552. The van der Waals surface area contributed by atoms with Gasteiger partial charge in [0, 0.05) is 0 Å². The Morgan fingerprint density at radius 2 is 1.86 bits per heavy atom. The Morgan fingerprint density at radius 3 is 1.86 bits per heavy atom. The second kappa shape index (κ2) is 10.1. The average molecular weight is 134 g/mol. The fourth-order valence-electron chi connectivity index (χ4n) is 0. The molecule has 0 radical (unpaired) electrons. The van der Waals surface area contributed by atoms with Gasteiger partial charge in [0.15, 0.2) is 0 Å². The van der Waals surface area contributed by atoms with Gasteiger partial charge in [0.1, 0.15) is 6.61 Å². The summed E-state index contributed by atoms with van der Waals surface area (Å²) in [5.74, 6) is -1.19. The van der Waals surface area contributed by atoms with E-state index in [9.17, 15) is 0 Å². The van der Waals surface area contributed by atoms with Crippen molar-refractivity contribution in [3.63, 3.8) is 0 Å². The number of aliphatic hydroxyl groups is 1. The number of rotatable bonds is 1. The van der Waals surface area contributed by atoms with Crippen molar-refractivity contribution in [3.05, 3.63) is 0 Å². The molecule has 0 aromatic carbocycles. The topological polar surface area (TPSA) is 89.0 Å². The maximum absolute atomic E-state index is 9.12. The molecule has 4 nitrogen and oxygen atoms in total. The summed E-state index contributed by atoms with van der Waals surface area (Å²) < 4.78 is 0. The normalized spacial score (nSPS) is 5.29. The maximum atomic E-state index is 9.12. The Bertz CT molecular complexity index is 49.3. The summed E-state index contributed by atoms with van der Waals surface area (Å²) in [5.41, 5.74) is 0. The third-order valence-electron chi connectivity index (χ3n) is 0.135. The molecule has 0 bridgehead atoms. The zero-order chi connectivity index (χ0) is 4.28. The fraction of sp³-hybridized carbons (Fsp3) is 0.500. The minimum atomic E-state index is -1.19. The number of aliphatic hydroxyl groups excluding tert-OH is 1. The van der Waals surface area contributed by atoms with Gasteiger partial charge in [-0.05, 0) is 0 Å². The second-order valence-electron chi connectivity index (χ2n) is 0.552. The summed E-state index contributed by atoms with van der Waals surface area (Å²) in [7, 11) is 0. The first kappa shape index (κ1) is 15.7. The smallest absolute Gasteiger partial charge is 1.00 e. The van der Waals surface area contributed by atoms with Gasteiger partial charge < -0.3 is 17.1 Å². The van der Waals surface area contributed by atoms with Crippen molar-refractivity contribution in [1.82, 2.24) is 0 Å². The zero-order valence-corrected chi connectivity index (χ0v) is 7.13. The Morgan fingerprint density at radius 1 is 1.71 bits per heavy atom. The molecule has 5 heteroatoms. The number of carbonyl (C=O) groups is 1. The van der Waals surface area contributed by atoms with E-state index in [1.807, 2.05) is 0 Å². The Balaban J connectivity index is -0.0000000267. The Kier molecular flexibility index (Phi) is 22.6. The predicted octanol–water partition coefficient (Wildman–Crippen LogP) is -4.64.